The van der Waals surface area contributed by atoms with Crippen molar-refractivity contribution in [2.45, 2.75) is 62.6 Å². The van der Waals surface area contributed by atoms with Gasteiger partial charge in [-0.25, -0.2) is 4.39 Å². The molecule has 1 aromatic rings. The number of likely N-dealkylation sites (tertiary alicyclic amines) is 1. The van der Waals surface area contributed by atoms with Gasteiger partial charge in [0.05, 0.1) is 19.2 Å². The van der Waals surface area contributed by atoms with Gasteiger partial charge in [-0.15, -0.1) is 0 Å². The second-order valence-corrected chi connectivity index (χ2v) is 7.03. The molecule has 3 atom stereocenters. The number of alkyl halides is 1. The third-order valence-electron chi connectivity index (χ3n) is 5.48. The number of carbonyl (C=O) groups excluding carboxylic acids is 1. The van der Waals surface area contributed by atoms with Crippen LogP contribution in [-0.2, 0) is 20.9 Å². The molecule has 6 heteroatoms. The molecule has 1 saturated carbocycles. The molecule has 0 bridgehead atoms. The van der Waals surface area contributed by atoms with Crippen molar-refractivity contribution >= 4 is 5.91 Å². The van der Waals surface area contributed by atoms with Crippen LogP contribution in [0.15, 0.2) is 24.5 Å². The smallest absolute Gasteiger partial charge is 0.260 e. The number of ether oxygens (including phenoxy) is 2. The van der Waals surface area contributed by atoms with E-state index in [-0.39, 0.29) is 24.2 Å². The zero-order valence-electron chi connectivity index (χ0n) is 13.7. The molecule has 3 aliphatic rings. The third-order valence-corrected chi connectivity index (χ3v) is 5.48. The van der Waals surface area contributed by atoms with Gasteiger partial charge in [0, 0.05) is 19.0 Å². The highest BCUT2D eigenvalue weighted by atomic mass is 19.1. The van der Waals surface area contributed by atoms with Crippen LogP contribution in [0.25, 0.3) is 0 Å². The summed E-state index contributed by atoms with van der Waals surface area (Å²) in [5.41, 5.74) is -0.620. The molecule has 130 valence electrons. The number of halogens is 1. The zero-order chi connectivity index (χ0) is 16.6. The van der Waals surface area contributed by atoms with Crippen LogP contribution in [0.4, 0.5) is 4.39 Å². The summed E-state index contributed by atoms with van der Waals surface area (Å²) in [5, 5.41) is 0. The van der Waals surface area contributed by atoms with Crippen LogP contribution >= 0.6 is 0 Å². The monoisotopic (exact) mass is 334 g/mol. The van der Waals surface area contributed by atoms with Gasteiger partial charge in [0.25, 0.3) is 5.91 Å². The van der Waals surface area contributed by atoms with Crippen molar-refractivity contribution in [2.75, 3.05) is 13.2 Å². The van der Waals surface area contributed by atoms with Crippen molar-refractivity contribution in [1.29, 1.82) is 0 Å². The van der Waals surface area contributed by atoms with Gasteiger partial charge in [0.15, 0.2) is 5.67 Å². The first kappa shape index (κ1) is 16.0. The van der Waals surface area contributed by atoms with E-state index in [9.17, 15) is 9.18 Å². The van der Waals surface area contributed by atoms with Gasteiger partial charge >= 0.3 is 0 Å². The lowest BCUT2D eigenvalue weighted by Gasteiger charge is -2.39. The predicted octanol–water partition coefficient (Wildman–Crippen LogP) is 2.25. The number of nitrogens with zero attached hydrogens (tertiary/aromatic N) is 2. The number of rotatable bonds is 4. The lowest BCUT2D eigenvalue weighted by molar-refractivity contribution is -0.153. The Morgan fingerprint density at radius 2 is 2.17 bits per heavy atom. The van der Waals surface area contributed by atoms with Crippen LogP contribution in [0.1, 0.15) is 37.7 Å². The molecule has 0 spiro atoms. The quantitative estimate of drug-likeness (QED) is 0.847. The van der Waals surface area contributed by atoms with E-state index in [2.05, 4.69) is 4.98 Å². The Labute approximate surface area is 141 Å². The number of fused-ring (bicyclic) bond motifs is 1. The summed E-state index contributed by atoms with van der Waals surface area (Å²) in [6.07, 6.45) is 6.38. The number of pyridine rings is 1. The van der Waals surface area contributed by atoms with Gasteiger partial charge in [-0.1, -0.05) is 0 Å². The zero-order valence-corrected chi connectivity index (χ0v) is 13.7. The van der Waals surface area contributed by atoms with Gasteiger partial charge in [0.2, 0.25) is 0 Å². The molecule has 0 radical (unpaired) electrons. The number of amides is 1. The van der Waals surface area contributed by atoms with Crippen molar-refractivity contribution < 1.29 is 18.7 Å². The van der Waals surface area contributed by atoms with E-state index < -0.39 is 5.67 Å². The fourth-order valence-electron chi connectivity index (χ4n) is 3.93. The van der Waals surface area contributed by atoms with Gasteiger partial charge in [-0.3, -0.25) is 9.78 Å². The van der Waals surface area contributed by atoms with Crippen molar-refractivity contribution in [3.63, 3.8) is 0 Å². The highest BCUT2D eigenvalue weighted by molar-refractivity contribution is 5.86. The summed E-state index contributed by atoms with van der Waals surface area (Å²) >= 11 is 0. The lowest BCUT2D eigenvalue weighted by atomic mass is 9.80. The van der Waals surface area contributed by atoms with E-state index in [1.54, 1.807) is 17.3 Å². The molecule has 2 aliphatic heterocycles. The maximum absolute atomic E-state index is 14.6. The summed E-state index contributed by atoms with van der Waals surface area (Å²) in [5.74, 6) is -0.357. The summed E-state index contributed by atoms with van der Waals surface area (Å²) < 4.78 is 26.5. The normalized spacial score (nSPS) is 31.4. The molecule has 1 aliphatic carbocycles. The third kappa shape index (κ3) is 2.82. The van der Waals surface area contributed by atoms with Crippen LogP contribution in [-0.4, -0.2) is 52.9 Å². The summed E-state index contributed by atoms with van der Waals surface area (Å²) in [7, 11) is 0. The van der Waals surface area contributed by atoms with E-state index in [1.165, 1.54) is 0 Å². The molecule has 0 N–H and O–H groups in total. The Morgan fingerprint density at radius 1 is 1.38 bits per heavy atom. The molecule has 3 fully saturated rings. The molecule has 4 rings (SSSR count). The van der Waals surface area contributed by atoms with Gasteiger partial charge < -0.3 is 14.4 Å². The van der Waals surface area contributed by atoms with Gasteiger partial charge in [0.1, 0.15) is 12.2 Å². The summed E-state index contributed by atoms with van der Waals surface area (Å²) in [4.78, 5) is 18.3. The predicted molar refractivity (Wildman–Crippen MR) is 85.0 cm³/mol. The molecule has 24 heavy (non-hydrogen) atoms. The van der Waals surface area contributed by atoms with Crippen molar-refractivity contribution in [3.8, 4) is 0 Å². The Bertz CT molecular complexity index is 593. The fraction of sp³-hybridized carbons (Fsp3) is 0.667. The van der Waals surface area contributed by atoms with Gasteiger partial charge in [-0.2, -0.15) is 0 Å². The first-order valence-electron chi connectivity index (χ1n) is 8.79. The Morgan fingerprint density at radius 3 is 2.88 bits per heavy atom. The Kier molecular flexibility index (Phi) is 4.26. The van der Waals surface area contributed by atoms with E-state index in [1.807, 2.05) is 12.1 Å². The SMILES string of the molecule is O=C(N1C[C@H](OCc2ccncc2)[C@H]2OCCC[C@H]21)C1(F)CCC1. The number of carbonyl (C=O) groups is 1. The molecule has 1 amide bonds. The molecule has 0 aromatic carbocycles. The van der Waals surface area contributed by atoms with E-state index in [4.69, 9.17) is 9.47 Å². The highest BCUT2D eigenvalue weighted by Crippen LogP contribution is 2.41. The number of aromatic nitrogens is 1. The van der Waals surface area contributed by atoms with Crippen LogP contribution < -0.4 is 0 Å². The molecular formula is C18H23FN2O3. The molecule has 3 heterocycles. The highest BCUT2D eigenvalue weighted by Gasteiger charge is 2.54. The van der Waals surface area contributed by atoms with E-state index >= 15 is 0 Å². The molecule has 5 nitrogen and oxygen atoms in total. The van der Waals surface area contributed by atoms with Crippen LogP contribution in [0.3, 0.4) is 0 Å². The summed E-state index contributed by atoms with van der Waals surface area (Å²) in [6.45, 7) is 1.55. The molecule has 0 unspecified atom stereocenters. The number of hydrogen-bond acceptors (Lipinski definition) is 4. The lowest BCUT2D eigenvalue weighted by Crippen LogP contribution is -2.53. The van der Waals surface area contributed by atoms with Crippen molar-refractivity contribution in [1.82, 2.24) is 9.88 Å². The maximum Gasteiger partial charge on any atom is 0.260 e. The topological polar surface area (TPSA) is 51.7 Å². The van der Waals surface area contributed by atoms with Crippen molar-refractivity contribution in [3.05, 3.63) is 30.1 Å². The second kappa shape index (κ2) is 6.41. The average Bonchev–Trinajstić information content (AvgIpc) is 2.97. The minimum atomic E-state index is -1.65. The minimum Gasteiger partial charge on any atom is -0.373 e. The Hall–Kier alpha value is -1.53. The first-order chi connectivity index (χ1) is 11.7. The molecule has 2 saturated heterocycles. The summed E-state index contributed by atoms with van der Waals surface area (Å²) in [6, 6.07) is 3.76. The van der Waals surface area contributed by atoms with Crippen LogP contribution in [0.2, 0.25) is 0 Å². The van der Waals surface area contributed by atoms with Crippen LogP contribution in [0.5, 0.6) is 0 Å². The first-order valence-corrected chi connectivity index (χ1v) is 8.79. The minimum absolute atomic E-state index is 0.0538. The standard InChI is InChI=1S/C18H23FN2O3/c19-18(6-2-7-18)17(22)21-11-15(16-14(21)3-1-10-23-16)24-12-13-4-8-20-9-5-13/h4-5,8-9,14-16H,1-3,6-7,10-12H2/t14-,15+,16+/m1/s1. The maximum atomic E-state index is 14.6. The molecular weight excluding hydrogens is 311 g/mol. The molecule has 1 aromatic heterocycles. The fourth-order valence-corrected chi connectivity index (χ4v) is 3.93. The second-order valence-electron chi connectivity index (χ2n) is 7.03. The van der Waals surface area contributed by atoms with E-state index in [0.717, 1.165) is 24.8 Å². The average molecular weight is 334 g/mol. The largest absolute Gasteiger partial charge is 0.373 e. The van der Waals surface area contributed by atoms with Crippen LogP contribution in [0, 0.1) is 0 Å². The van der Waals surface area contributed by atoms with E-state index in [0.29, 0.717) is 32.6 Å². The van der Waals surface area contributed by atoms with Crippen molar-refractivity contribution in [2.24, 2.45) is 0 Å². The Balaban J connectivity index is 1.46. The number of hydrogen-bond donors (Lipinski definition) is 0. The van der Waals surface area contributed by atoms with Gasteiger partial charge in [-0.05, 0) is 49.8 Å².